The summed E-state index contributed by atoms with van der Waals surface area (Å²) in [5.74, 6) is 0. The van der Waals surface area contributed by atoms with E-state index in [-0.39, 0.29) is 0 Å². The Hall–Kier alpha value is -1.39. The van der Waals surface area contributed by atoms with Gasteiger partial charge in [-0.05, 0) is 40.5 Å². The van der Waals surface area contributed by atoms with Crippen LogP contribution in [0.5, 0.6) is 0 Å². The molecule has 0 aliphatic carbocycles. The molecule has 106 valence electrons. The number of fused-ring (bicyclic) bond motifs is 1. The number of nitrogens with one attached hydrogen (secondary N) is 1. The highest BCUT2D eigenvalue weighted by Crippen LogP contribution is 2.39. The molecule has 0 fully saturated rings. The van der Waals surface area contributed by atoms with Gasteiger partial charge in [0.15, 0.2) is 0 Å². The molecule has 21 heavy (non-hydrogen) atoms. The summed E-state index contributed by atoms with van der Waals surface area (Å²) in [7, 11) is 1.95. The van der Waals surface area contributed by atoms with Crippen LogP contribution in [0.3, 0.4) is 0 Å². The van der Waals surface area contributed by atoms with E-state index in [1.807, 2.05) is 37.4 Å². The molecule has 4 heteroatoms. The van der Waals surface area contributed by atoms with Crippen LogP contribution in [-0.4, -0.2) is 12.0 Å². The van der Waals surface area contributed by atoms with Crippen molar-refractivity contribution in [2.75, 3.05) is 12.4 Å². The fourth-order valence-electron chi connectivity index (χ4n) is 2.58. The van der Waals surface area contributed by atoms with Crippen LogP contribution in [0, 0.1) is 6.92 Å². The van der Waals surface area contributed by atoms with Crippen LogP contribution in [0.1, 0.15) is 5.56 Å². The summed E-state index contributed by atoms with van der Waals surface area (Å²) in [5.41, 5.74) is 5.34. The molecule has 0 radical (unpaired) electrons. The van der Waals surface area contributed by atoms with E-state index in [2.05, 4.69) is 56.2 Å². The van der Waals surface area contributed by atoms with Gasteiger partial charge in [-0.1, -0.05) is 46.3 Å². The zero-order valence-corrected chi connectivity index (χ0v) is 14.9. The highest BCUT2D eigenvalue weighted by molar-refractivity contribution is 9.11. The van der Waals surface area contributed by atoms with Gasteiger partial charge in [0.1, 0.15) is 0 Å². The normalized spacial score (nSPS) is 10.9. The van der Waals surface area contributed by atoms with Crippen LogP contribution in [-0.2, 0) is 0 Å². The van der Waals surface area contributed by atoms with Crippen molar-refractivity contribution < 1.29 is 0 Å². The predicted molar refractivity (Wildman–Crippen MR) is 96.9 cm³/mol. The number of rotatable bonds is 2. The molecule has 0 saturated carbocycles. The van der Waals surface area contributed by atoms with E-state index < -0.39 is 0 Å². The first kappa shape index (κ1) is 14.5. The predicted octanol–water partition coefficient (Wildman–Crippen LogP) is 5.78. The molecule has 2 nitrogen and oxygen atoms in total. The van der Waals surface area contributed by atoms with Crippen LogP contribution < -0.4 is 5.32 Å². The lowest BCUT2D eigenvalue weighted by Gasteiger charge is -2.16. The number of nitrogens with zero attached hydrogens (tertiary/aromatic N) is 1. The monoisotopic (exact) mass is 404 g/mol. The molecule has 0 amide bonds. The summed E-state index contributed by atoms with van der Waals surface area (Å²) in [4.78, 5) is 4.90. The van der Waals surface area contributed by atoms with Crippen molar-refractivity contribution >= 4 is 48.5 Å². The van der Waals surface area contributed by atoms with Gasteiger partial charge in [0.05, 0.1) is 11.2 Å². The number of pyridine rings is 1. The molecule has 0 aliphatic rings. The minimum atomic E-state index is 0.957. The molecule has 0 aliphatic heterocycles. The van der Waals surface area contributed by atoms with E-state index in [1.165, 1.54) is 0 Å². The average Bonchev–Trinajstić information content (AvgIpc) is 2.51. The largest absolute Gasteiger partial charge is 0.387 e. The van der Waals surface area contributed by atoms with Crippen molar-refractivity contribution in [2.45, 2.75) is 6.92 Å². The van der Waals surface area contributed by atoms with E-state index in [4.69, 9.17) is 4.98 Å². The van der Waals surface area contributed by atoms with E-state index in [0.29, 0.717) is 0 Å². The van der Waals surface area contributed by atoms with Crippen LogP contribution in [0.4, 0.5) is 5.69 Å². The zero-order valence-electron chi connectivity index (χ0n) is 11.7. The molecule has 2 aromatic carbocycles. The van der Waals surface area contributed by atoms with E-state index in [0.717, 1.165) is 42.4 Å². The number of benzene rings is 2. The SMILES string of the molecule is CNc1c(C)c(-c2ccccc2)nc2c(Br)ccc(Br)c12. The van der Waals surface area contributed by atoms with E-state index in [9.17, 15) is 0 Å². The summed E-state index contributed by atoms with van der Waals surface area (Å²) in [6.07, 6.45) is 0. The van der Waals surface area contributed by atoms with Gasteiger partial charge in [-0.3, -0.25) is 0 Å². The number of halogens is 2. The smallest absolute Gasteiger partial charge is 0.0883 e. The molecule has 0 atom stereocenters. The lowest BCUT2D eigenvalue weighted by atomic mass is 10.0. The van der Waals surface area contributed by atoms with Crippen molar-refractivity contribution in [1.82, 2.24) is 4.98 Å². The van der Waals surface area contributed by atoms with E-state index >= 15 is 0 Å². The van der Waals surface area contributed by atoms with Gasteiger partial charge >= 0.3 is 0 Å². The Labute approximate surface area is 140 Å². The number of hydrogen-bond donors (Lipinski definition) is 1. The summed E-state index contributed by atoms with van der Waals surface area (Å²) >= 11 is 7.25. The summed E-state index contributed by atoms with van der Waals surface area (Å²) < 4.78 is 2.04. The highest BCUT2D eigenvalue weighted by atomic mass is 79.9. The van der Waals surface area contributed by atoms with Crippen molar-refractivity contribution in [3.05, 3.63) is 57.0 Å². The second-order valence-electron chi connectivity index (χ2n) is 4.83. The first-order valence-electron chi connectivity index (χ1n) is 6.65. The minimum absolute atomic E-state index is 0.957. The van der Waals surface area contributed by atoms with Crippen molar-refractivity contribution in [3.63, 3.8) is 0 Å². The molecule has 0 saturated heterocycles. The van der Waals surface area contributed by atoms with Gasteiger partial charge in [-0.15, -0.1) is 0 Å². The average molecular weight is 406 g/mol. The fraction of sp³-hybridized carbons (Fsp3) is 0.118. The van der Waals surface area contributed by atoms with Gasteiger partial charge in [0.25, 0.3) is 0 Å². The van der Waals surface area contributed by atoms with E-state index in [1.54, 1.807) is 0 Å². The summed E-state index contributed by atoms with van der Waals surface area (Å²) in [6.45, 7) is 2.11. The topological polar surface area (TPSA) is 24.9 Å². The summed E-state index contributed by atoms with van der Waals surface area (Å²) in [5, 5.41) is 4.43. The standard InChI is InChI=1S/C17H14Br2N2/c1-10-15(11-6-4-3-5-7-11)21-17-13(19)9-8-12(18)14(17)16(10)20-2/h3-9H,1-2H3,(H,20,21). The molecule has 1 heterocycles. The highest BCUT2D eigenvalue weighted by Gasteiger charge is 2.16. The Bertz CT molecular complexity index is 814. The van der Waals surface area contributed by atoms with Gasteiger partial charge in [-0.25, -0.2) is 4.98 Å². The van der Waals surface area contributed by atoms with Crippen LogP contribution >= 0.6 is 31.9 Å². The van der Waals surface area contributed by atoms with Gasteiger partial charge in [0.2, 0.25) is 0 Å². The van der Waals surface area contributed by atoms with Crippen molar-refractivity contribution in [3.8, 4) is 11.3 Å². The molecular weight excluding hydrogens is 392 g/mol. The Morgan fingerprint density at radius 1 is 0.952 bits per heavy atom. The number of hydrogen-bond acceptors (Lipinski definition) is 2. The van der Waals surface area contributed by atoms with Gasteiger partial charge in [-0.2, -0.15) is 0 Å². The number of anilines is 1. The Balaban J connectivity index is 2.44. The third-order valence-electron chi connectivity index (χ3n) is 3.58. The molecule has 0 spiro atoms. The van der Waals surface area contributed by atoms with Gasteiger partial charge in [0, 0.05) is 32.6 Å². The molecule has 3 aromatic rings. The Morgan fingerprint density at radius 3 is 2.29 bits per heavy atom. The maximum absolute atomic E-state index is 4.90. The lowest BCUT2D eigenvalue weighted by Crippen LogP contribution is -2.00. The molecule has 1 N–H and O–H groups in total. The van der Waals surface area contributed by atoms with Crippen molar-refractivity contribution in [1.29, 1.82) is 0 Å². The molecular formula is C17H14Br2N2. The first-order valence-corrected chi connectivity index (χ1v) is 8.23. The van der Waals surface area contributed by atoms with Crippen LogP contribution in [0.25, 0.3) is 22.2 Å². The third-order valence-corrected chi connectivity index (χ3v) is 4.88. The second-order valence-corrected chi connectivity index (χ2v) is 6.54. The zero-order chi connectivity index (χ0) is 15.0. The first-order chi connectivity index (χ1) is 10.1. The second kappa shape index (κ2) is 5.78. The minimum Gasteiger partial charge on any atom is -0.387 e. The Morgan fingerprint density at radius 2 is 1.62 bits per heavy atom. The number of aromatic nitrogens is 1. The van der Waals surface area contributed by atoms with Crippen molar-refractivity contribution in [2.24, 2.45) is 0 Å². The molecule has 0 bridgehead atoms. The third kappa shape index (κ3) is 2.47. The summed E-state index contributed by atoms with van der Waals surface area (Å²) in [6, 6.07) is 14.3. The van der Waals surface area contributed by atoms with Gasteiger partial charge < -0.3 is 5.32 Å². The fourth-order valence-corrected chi connectivity index (χ4v) is 3.52. The molecule has 1 aromatic heterocycles. The molecule has 3 rings (SSSR count). The van der Waals surface area contributed by atoms with Crippen LogP contribution in [0.15, 0.2) is 51.4 Å². The lowest BCUT2D eigenvalue weighted by molar-refractivity contribution is 1.31. The van der Waals surface area contributed by atoms with Crippen LogP contribution in [0.2, 0.25) is 0 Å². The maximum Gasteiger partial charge on any atom is 0.0883 e. The maximum atomic E-state index is 4.90. The Kier molecular flexibility index (Phi) is 4.00. The quantitative estimate of drug-likeness (QED) is 0.584. The molecule has 0 unspecified atom stereocenters.